The highest BCUT2D eigenvalue weighted by Crippen LogP contribution is 2.30. The Bertz CT molecular complexity index is 343. The van der Waals surface area contributed by atoms with Crippen LogP contribution in [-0.4, -0.2) is 6.16 Å². The Balaban J connectivity index is 2.77. The van der Waals surface area contributed by atoms with Gasteiger partial charge < -0.3 is 9.47 Å². The van der Waals surface area contributed by atoms with Crippen molar-refractivity contribution in [3.63, 3.8) is 0 Å². The number of carbonyl (C=O) groups is 1. The van der Waals surface area contributed by atoms with Crippen LogP contribution in [0.15, 0.2) is 24.3 Å². The van der Waals surface area contributed by atoms with E-state index in [1.54, 1.807) is 0 Å². The highest BCUT2D eigenvalue weighted by atomic mass is 19.4. The van der Waals surface area contributed by atoms with E-state index in [0.29, 0.717) is 0 Å². The average molecular weight is 219 g/mol. The van der Waals surface area contributed by atoms with Crippen molar-refractivity contribution in [2.75, 3.05) is 0 Å². The van der Waals surface area contributed by atoms with E-state index in [0.717, 1.165) is 24.3 Å². The van der Waals surface area contributed by atoms with Gasteiger partial charge in [-0.3, -0.25) is 0 Å². The second-order valence-corrected chi connectivity index (χ2v) is 2.52. The molecule has 1 radical (unpaired) electrons. The van der Waals surface area contributed by atoms with E-state index >= 15 is 0 Å². The number of hydrogen-bond donors (Lipinski definition) is 0. The molecule has 0 unspecified atom stereocenters. The number of alkyl halides is 3. The molecule has 1 aromatic carbocycles. The lowest BCUT2D eigenvalue weighted by Gasteiger charge is -2.07. The molecule has 0 atom stereocenters. The van der Waals surface area contributed by atoms with Crippen LogP contribution >= 0.6 is 0 Å². The van der Waals surface area contributed by atoms with Crippen molar-refractivity contribution in [2.24, 2.45) is 0 Å². The minimum Gasteiger partial charge on any atom is -0.430 e. The van der Waals surface area contributed by atoms with Crippen molar-refractivity contribution >= 4 is 6.16 Å². The molecule has 0 amide bonds. The predicted octanol–water partition coefficient (Wildman–Crippen LogP) is 3.01. The van der Waals surface area contributed by atoms with E-state index in [1.807, 2.05) is 0 Å². The number of carbonyl (C=O) groups excluding carboxylic acids is 1. The molecule has 1 aromatic rings. The number of halogens is 3. The fourth-order valence-electron chi connectivity index (χ4n) is 0.838. The molecule has 0 fully saturated rings. The van der Waals surface area contributed by atoms with Crippen LogP contribution in [0, 0.1) is 7.11 Å². The summed E-state index contributed by atoms with van der Waals surface area (Å²) in [4.78, 5) is 10.5. The number of benzene rings is 1. The van der Waals surface area contributed by atoms with Gasteiger partial charge in [0.1, 0.15) is 12.9 Å². The van der Waals surface area contributed by atoms with E-state index in [2.05, 4.69) is 16.6 Å². The van der Waals surface area contributed by atoms with Crippen LogP contribution in [0.2, 0.25) is 0 Å². The van der Waals surface area contributed by atoms with Gasteiger partial charge in [0.05, 0.1) is 5.56 Å². The molecule has 0 heterocycles. The van der Waals surface area contributed by atoms with Gasteiger partial charge in [0.25, 0.3) is 0 Å². The van der Waals surface area contributed by atoms with Crippen LogP contribution in [-0.2, 0) is 10.9 Å². The van der Waals surface area contributed by atoms with Crippen LogP contribution in [0.4, 0.5) is 18.0 Å². The summed E-state index contributed by atoms with van der Waals surface area (Å²) in [6, 6.07) is 3.62. The Morgan fingerprint density at radius 2 is 1.73 bits per heavy atom. The first-order valence-electron chi connectivity index (χ1n) is 3.74. The van der Waals surface area contributed by atoms with E-state index in [1.165, 1.54) is 0 Å². The van der Waals surface area contributed by atoms with Crippen molar-refractivity contribution in [1.82, 2.24) is 0 Å². The molecule has 15 heavy (non-hydrogen) atoms. The van der Waals surface area contributed by atoms with Gasteiger partial charge >= 0.3 is 12.3 Å². The lowest BCUT2D eigenvalue weighted by Crippen LogP contribution is -2.07. The molecule has 0 aliphatic carbocycles. The average Bonchev–Trinajstić information content (AvgIpc) is 2.17. The molecule has 0 aromatic heterocycles. The van der Waals surface area contributed by atoms with Gasteiger partial charge in [-0.2, -0.15) is 13.2 Å². The Morgan fingerprint density at radius 3 is 2.13 bits per heavy atom. The molecule has 0 aliphatic heterocycles. The van der Waals surface area contributed by atoms with E-state index in [-0.39, 0.29) is 5.75 Å². The van der Waals surface area contributed by atoms with Crippen LogP contribution in [0.5, 0.6) is 5.75 Å². The molecule has 0 saturated heterocycles. The van der Waals surface area contributed by atoms with Gasteiger partial charge in [0.15, 0.2) is 0 Å². The molecule has 0 aliphatic rings. The summed E-state index contributed by atoms with van der Waals surface area (Å²) in [7, 11) is 2.78. The van der Waals surface area contributed by atoms with Gasteiger partial charge in [-0.15, -0.1) is 0 Å². The third-order valence-corrected chi connectivity index (χ3v) is 1.50. The van der Waals surface area contributed by atoms with Gasteiger partial charge in [-0.1, -0.05) is 0 Å². The first-order chi connectivity index (χ1) is 6.93. The van der Waals surface area contributed by atoms with Crippen LogP contribution in [0.3, 0.4) is 0 Å². The van der Waals surface area contributed by atoms with E-state index in [9.17, 15) is 18.0 Å². The fourth-order valence-corrected chi connectivity index (χ4v) is 0.838. The maximum Gasteiger partial charge on any atom is 0.513 e. The largest absolute Gasteiger partial charge is 0.513 e. The zero-order valence-electron chi connectivity index (χ0n) is 7.38. The summed E-state index contributed by atoms with van der Waals surface area (Å²) in [6.07, 6.45) is -5.50. The lowest BCUT2D eigenvalue weighted by molar-refractivity contribution is -0.137. The van der Waals surface area contributed by atoms with E-state index < -0.39 is 17.9 Å². The topological polar surface area (TPSA) is 35.5 Å². The van der Waals surface area contributed by atoms with Crippen LogP contribution in [0.1, 0.15) is 5.56 Å². The monoisotopic (exact) mass is 219 g/mol. The van der Waals surface area contributed by atoms with Crippen molar-refractivity contribution < 1.29 is 27.4 Å². The zero-order chi connectivity index (χ0) is 11.5. The quantitative estimate of drug-likeness (QED) is 0.538. The number of rotatable bonds is 1. The minimum absolute atomic E-state index is 0.0448. The maximum atomic E-state index is 12.1. The molecule has 0 N–H and O–H groups in total. The Kier molecular flexibility index (Phi) is 3.18. The first kappa shape index (κ1) is 11.4. The van der Waals surface area contributed by atoms with Gasteiger partial charge in [-0.05, 0) is 24.3 Å². The fraction of sp³-hybridized carbons (Fsp3) is 0.111. The molecule has 81 valence electrons. The molecule has 0 spiro atoms. The van der Waals surface area contributed by atoms with Gasteiger partial charge in [-0.25, -0.2) is 4.79 Å². The third kappa shape index (κ3) is 3.16. The summed E-state index contributed by atoms with van der Waals surface area (Å²) in [6.45, 7) is 0. The Hall–Kier alpha value is -1.72. The van der Waals surface area contributed by atoms with Crippen molar-refractivity contribution in [2.45, 2.75) is 6.18 Å². The van der Waals surface area contributed by atoms with Gasteiger partial charge in [0, 0.05) is 0 Å². The summed E-state index contributed by atoms with van der Waals surface area (Å²) in [5, 5.41) is 0. The summed E-state index contributed by atoms with van der Waals surface area (Å²) in [5.41, 5.74) is -0.821. The van der Waals surface area contributed by atoms with E-state index in [4.69, 9.17) is 0 Å². The highest BCUT2D eigenvalue weighted by Gasteiger charge is 2.30. The SMILES string of the molecule is [CH2]OC(=O)Oc1ccc(C(F)(F)F)cc1. The van der Waals surface area contributed by atoms with Crippen LogP contribution in [0.25, 0.3) is 0 Å². The normalized spacial score (nSPS) is 10.9. The van der Waals surface area contributed by atoms with Crippen molar-refractivity contribution in [1.29, 1.82) is 0 Å². The predicted molar refractivity (Wildman–Crippen MR) is 43.9 cm³/mol. The maximum absolute atomic E-state index is 12.1. The summed E-state index contributed by atoms with van der Waals surface area (Å²) >= 11 is 0. The number of hydrogen-bond acceptors (Lipinski definition) is 3. The first-order valence-corrected chi connectivity index (χ1v) is 3.74. The smallest absolute Gasteiger partial charge is 0.430 e. The number of ether oxygens (including phenoxy) is 2. The molecule has 0 saturated carbocycles. The molecule has 0 bridgehead atoms. The van der Waals surface area contributed by atoms with Gasteiger partial charge in [0.2, 0.25) is 0 Å². The molecular weight excluding hydrogens is 213 g/mol. The minimum atomic E-state index is -4.41. The lowest BCUT2D eigenvalue weighted by atomic mass is 10.2. The van der Waals surface area contributed by atoms with Crippen LogP contribution < -0.4 is 4.74 Å². The summed E-state index contributed by atoms with van der Waals surface area (Å²) in [5.74, 6) is -0.0448. The molecule has 6 heteroatoms. The van der Waals surface area contributed by atoms with Crippen molar-refractivity contribution in [3.8, 4) is 5.75 Å². The molecule has 1 rings (SSSR count). The highest BCUT2D eigenvalue weighted by molar-refractivity contribution is 5.63. The zero-order valence-corrected chi connectivity index (χ0v) is 7.38. The molecular formula is C9H6F3O3. The summed E-state index contributed by atoms with van der Waals surface area (Å²) < 4.78 is 44.7. The molecule has 3 nitrogen and oxygen atoms in total. The second-order valence-electron chi connectivity index (χ2n) is 2.52. The standard InChI is InChI=1S/C9H6F3O3/c1-14-8(13)15-7-4-2-6(3-5-7)9(10,11)12/h2-5H,1H2. The second kappa shape index (κ2) is 4.20. The Labute approximate surface area is 83.4 Å². The van der Waals surface area contributed by atoms with Crippen molar-refractivity contribution in [3.05, 3.63) is 36.9 Å². The third-order valence-electron chi connectivity index (χ3n) is 1.50. The Morgan fingerprint density at radius 1 is 1.20 bits per heavy atom.